The molecule has 0 atom stereocenters. The molecule has 1 aromatic rings. The van der Waals surface area contributed by atoms with Gasteiger partial charge < -0.3 is 9.80 Å². The highest BCUT2D eigenvalue weighted by Gasteiger charge is 2.18. The van der Waals surface area contributed by atoms with Crippen molar-refractivity contribution in [2.24, 2.45) is 0 Å². The maximum atomic E-state index is 4.56. The number of pyridine rings is 1. The summed E-state index contributed by atoms with van der Waals surface area (Å²) in [4.78, 5) is 11.8. The van der Waals surface area contributed by atoms with Gasteiger partial charge in [0, 0.05) is 57.6 Å². The van der Waals surface area contributed by atoms with Gasteiger partial charge in [0.1, 0.15) is 5.82 Å². The average Bonchev–Trinajstić information content (AvgIpc) is 2.96. The Balaban J connectivity index is 1.70. The molecule has 3 heterocycles. The van der Waals surface area contributed by atoms with Gasteiger partial charge in [0.25, 0.3) is 0 Å². The van der Waals surface area contributed by atoms with Crippen molar-refractivity contribution < 1.29 is 0 Å². The maximum absolute atomic E-state index is 4.56. The van der Waals surface area contributed by atoms with Crippen molar-refractivity contribution in [1.82, 2.24) is 14.8 Å². The van der Waals surface area contributed by atoms with Gasteiger partial charge in [-0.2, -0.15) is 0 Å². The lowest BCUT2D eigenvalue weighted by Gasteiger charge is -2.33. The first-order valence-electron chi connectivity index (χ1n) is 6.99. The SMILES string of the molecule is CN1CCN(Cc2[c]ccnc2N2CC=CC2)CC1. The van der Waals surface area contributed by atoms with E-state index in [1.807, 2.05) is 12.3 Å². The van der Waals surface area contributed by atoms with E-state index < -0.39 is 0 Å². The first-order chi connectivity index (χ1) is 9.33. The predicted molar refractivity (Wildman–Crippen MR) is 77.2 cm³/mol. The van der Waals surface area contributed by atoms with Crippen LogP contribution in [0.25, 0.3) is 0 Å². The standard InChI is InChI=1S/C15H21N4/c1-17-9-11-18(12-10-17)13-14-5-4-6-16-15(14)19-7-2-3-8-19/h2-4,6H,7-13H2,1H3. The molecule has 2 aliphatic heterocycles. The van der Waals surface area contributed by atoms with Crippen LogP contribution in [-0.2, 0) is 6.54 Å². The van der Waals surface area contributed by atoms with Gasteiger partial charge in [0.2, 0.25) is 0 Å². The largest absolute Gasteiger partial charge is 0.349 e. The van der Waals surface area contributed by atoms with Gasteiger partial charge in [-0.05, 0) is 19.2 Å². The van der Waals surface area contributed by atoms with E-state index in [1.54, 1.807) is 0 Å². The molecule has 0 unspecified atom stereocenters. The van der Waals surface area contributed by atoms with Crippen LogP contribution in [0.4, 0.5) is 5.82 Å². The van der Waals surface area contributed by atoms with E-state index in [0.29, 0.717) is 0 Å². The third-order valence-electron chi connectivity index (χ3n) is 3.89. The molecule has 0 saturated carbocycles. The Kier molecular flexibility index (Phi) is 3.80. The minimum absolute atomic E-state index is 0.966. The smallest absolute Gasteiger partial charge is 0.134 e. The predicted octanol–water partition coefficient (Wildman–Crippen LogP) is 1.01. The molecule has 4 nitrogen and oxygen atoms in total. The van der Waals surface area contributed by atoms with E-state index in [9.17, 15) is 0 Å². The van der Waals surface area contributed by atoms with Crippen molar-refractivity contribution in [2.75, 3.05) is 51.2 Å². The zero-order valence-corrected chi connectivity index (χ0v) is 11.5. The van der Waals surface area contributed by atoms with Gasteiger partial charge >= 0.3 is 0 Å². The minimum Gasteiger partial charge on any atom is -0.349 e. The molecule has 0 N–H and O–H groups in total. The summed E-state index contributed by atoms with van der Waals surface area (Å²) in [5.74, 6) is 1.10. The van der Waals surface area contributed by atoms with Crippen LogP contribution in [0.15, 0.2) is 24.4 Å². The zero-order valence-electron chi connectivity index (χ0n) is 11.5. The maximum Gasteiger partial charge on any atom is 0.134 e. The van der Waals surface area contributed by atoms with Crippen LogP contribution < -0.4 is 4.90 Å². The number of hydrogen-bond donors (Lipinski definition) is 0. The highest BCUT2D eigenvalue weighted by Crippen LogP contribution is 2.20. The molecule has 1 saturated heterocycles. The van der Waals surface area contributed by atoms with E-state index in [4.69, 9.17) is 0 Å². The number of nitrogens with zero attached hydrogens (tertiary/aromatic N) is 4. The molecule has 0 aliphatic carbocycles. The van der Waals surface area contributed by atoms with Crippen molar-refractivity contribution in [1.29, 1.82) is 0 Å². The van der Waals surface area contributed by atoms with Crippen LogP contribution >= 0.6 is 0 Å². The van der Waals surface area contributed by atoms with Gasteiger partial charge in [-0.25, -0.2) is 4.98 Å². The fourth-order valence-corrected chi connectivity index (χ4v) is 2.66. The second-order valence-corrected chi connectivity index (χ2v) is 5.35. The first-order valence-corrected chi connectivity index (χ1v) is 6.99. The quantitative estimate of drug-likeness (QED) is 0.754. The number of hydrogen-bond acceptors (Lipinski definition) is 4. The molecule has 19 heavy (non-hydrogen) atoms. The summed E-state index contributed by atoms with van der Waals surface area (Å²) in [6.45, 7) is 7.49. The molecule has 0 aromatic carbocycles. The van der Waals surface area contributed by atoms with E-state index in [-0.39, 0.29) is 0 Å². The van der Waals surface area contributed by atoms with Crippen LogP contribution in [0.5, 0.6) is 0 Å². The van der Waals surface area contributed by atoms with Crippen LogP contribution in [0, 0.1) is 6.07 Å². The highest BCUT2D eigenvalue weighted by molar-refractivity contribution is 5.48. The van der Waals surface area contributed by atoms with E-state index in [0.717, 1.165) is 51.6 Å². The second-order valence-electron chi connectivity index (χ2n) is 5.35. The van der Waals surface area contributed by atoms with Crippen LogP contribution in [0.1, 0.15) is 5.56 Å². The van der Waals surface area contributed by atoms with Crippen molar-refractivity contribution in [2.45, 2.75) is 6.54 Å². The average molecular weight is 257 g/mol. The lowest BCUT2D eigenvalue weighted by molar-refractivity contribution is 0.148. The number of rotatable bonds is 3. The molecular weight excluding hydrogens is 236 g/mol. The summed E-state index contributed by atoms with van der Waals surface area (Å²) in [6, 6.07) is 5.31. The first kappa shape index (κ1) is 12.6. The van der Waals surface area contributed by atoms with Crippen molar-refractivity contribution in [3.63, 3.8) is 0 Å². The van der Waals surface area contributed by atoms with Crippen LogP contribution in [0.3, 0.4) is 0 Å². The third-order valence-corrected chi connectivity index (χ3v) is 3.89. The van der Waals surface area contributed by atoms with Gasteiger partial charge in [0.15, 0.2) is 0 Å². The van der Waals surface area contributed by atoms with E-state index >= 15 is 0 Å². The van der Waals surface area contributed by atoms with E-state index in [2.05, 4.69) is 44.9 Å². The summed E-state index contributed by atoms with van der Waals surface area (Å²) in [5, 5.41) is 0. The lowest BCUT2D eigenvalue weighted by Crippen LogP contribution is -2.44. The molecule has 1 radical (unpaired) electrons. The van der Waals surface area contributed by atoms with Gasteiger partial charge in [-0.3, -0.25) is 4.90 Å². The molecular formula is C15H21N4. The number of likely N-dealkylation sites (N-methyl/N-ethyl adjacent to an activating group) is 1. The summed E-state index contributed by atoms with van der Waals surface area (Å²) in [7, 11) is 2.19. The molecule has 0 spiro atoms. The topological polar surface area (TPSA) is 22.6 Å². The summed E-state index contributed by atoms with van der Waals surface area (Å²) < 4.78 is 0. The highest BCUT2D eigenvalue weighted by atomic mass is 15.3. The molecule has 0 bridgehead atoms. The Bertz CT molecular complexity index is 441. The molecule has 4 heteroatoms. The normalized spacial score (nSPS) is 21.2. The number of aromatic nitrogens is 1. The Hall–Kier alpha value is -1.39. The Morgan fingerprint density at radius 3 is 2.63 bits per heavy atom. The van der Waals surface area contributed by atoms with E-state index in [1.165, 1.54) is 5.56 Å². The molecule has 1 fully saturated rings. The van der Waals surface area contributed by atoms with Gasteiger partial charge in [-0.1, -0.05) is 12.2 Å². The molecule has 0 amide bonds. The van der Waals surface area contributed by atoms with Crippen LogP contribution in [-0.4, -0.2) is 61.1 Å². The summed E-state index contributed by atoms with van der Waals surface area (Å²) in [5.41, 5.74) is 1.23. The van der Waals surface area contributed by atoms with Gasteiger partial charge in [0.05, 0.1) is 0 Å². The Labute approximate surface area is 115 Å². The minimum atomic E-state index is 0.966. The summed E-state index contributed by atoms with van der Waals surface area (Å²) >= 11 is 0. The number of piperazine rings is 1. The Morgan fingerprint density at radius 2 is 1.89 bits per heavy atom. The second kappa shape index (κ2) is 5.72. The molecule has 2 aliphatic rings. The monoisotopic (exact) mass is 257 g/mol. The van der Waals surface area contributed by atoms with Crippen molar-refractivity contribution in [3.05, 3.63) is 36.0 Å². The molecule has 1 aromatic heterocycles. The third kappa shape index (κ3) is 2.96. The van der Waals surface area contributed by atoms with Gasteiger partial charge in [-0.15, -0.1) is 0 Å². The lowest BCUT2D eigenvalue weighted by atomic mass is 10.2. The van der Waals surface area contributed by atoms with Crippen LogP contribution in [0.2, 0.25) is 0 Å². The molecule has 101 valence electrons. The fourth-order valence-electron chi connectivity index (χ4n) is 2.66. The Morgan fingerprint density at radius 1 is 1.16 bits per heavy atom. The number of anilines is 1. The molecule has 3 rings (SSSR count). The van der Waals surface area contributed by atoms with Crippen molar-refractivity contribution in [3.8, 4) is 0 Å². The summed E-state index contributed by atoms with van der Waals surface area (Å²) in [6.07, 6.45) is 6.25. The zero-order chi connectivity index (χ0) is 13.1. The fraction of sp³-hybridized carbons (Fsp3) is 0.533. The van der Waals surface area contributed by atoms with Crippen molar-refractivity contribution >= 4 is 5.82 Å².